The van der Waals surface area contributed by atoms with Gasteiger partial charge in [0.1, 0.15) is 5.82 Å². The summed E-state index contributed by atoms with van der Waals surface area (Å²) in [5.41, 5.74) is 1.60. The lowest BCUT2D eigenvalue weighted by molar-refractivity contribution is 0.0689. The number of hydrogen-bond acceptors (Lipinski definition) is 3. The molecule has 0 aliphatic rings. The van der Waals surface area contributed by atoms with Crippen LogP contribution in [0.1, 0.15) is 27.6 Å². The highest BCUT2D eigenvalue weighted by Gasteiger charge is 2.09. The van der Waals surface area contributed by atoms with E-state index in [2.05, 4.69) is 9.97 Å². The summed E-state index contributed by atoms with van der Waals surface area (Å²) in [6.45, 7) is 1.75. The normalized spacial score (nSPS) is 10.3. The topological polar surface area (TPSA) is 63.1 Å². The van der Waals surface area contributed by atoms with Crippen molar-refractivity contribution < 1.29 is 9.90 Å². The first kappa shape index (κ1) is 12.5. The molecule has 1 aromatic heterocycles. The van der Waals surface area contributed by atoms with Gasteiger partial charge < -0.3 is 5.11 Å². The zero-order valence-electron chi connectivity index (χ0n) is 9.72. The Balaban J connectivity index is 2.31. The van der Waals surface area contributed by atoms with Crippen molar-refractivity contribution in [3.63, 3.8) is 0 Å². The van der Waals surface area contributed by atoms with Gasteiger partial charge in [0, 0.05) is 17.1 Å². The smallest absolute Gasteiger partial charge is 0.354 e. The van der Waals surface area contributed by atoms with E-state index in [1.807, 2.05) is 18.2 Å². The molecule has 0 radical (unpaired) electrons. The molecule has 0 aliphatic carbocycles. The lowest BCUT2D eigenvalue weighted by Gasteiger charge is -2.04. The molecule has 2 rings (SSSR count). The zero-order valence-corrected chi connectivity index (χ0v) is 10.5. The quantitative estimate of drug-likeness (QED) is 0.924. The van der Waals surface area contributed by atoms with Gasteiger partial charge in [-0.25, -0.2) is 14.8 Å². The summed E-state index contributed by atoms with van der Waals surface area (Å²) >= 11 is 5.89. The summed E-state index contributed by atoms with van der Waals surface area (Å²) in [6, 6.07) is 8.78. The molecule has 0 saturated heterocycles. The number of hydrogen-bond donors (Lipinski definition) is 1. The van der Waals surface area contributed by atoms with Gasteiger partial charge in [-0.05, 0) is 30.7 Å². The van der Waals surface area contributed by atoms with E-state index < -0.39 is 5.97 Å². The average molecular weight is 263 g/mol. The predicted molar refractivity (Wildman–Crippen MR) is 68.0 cm³/mol. The Labute approximate surface area is 109 Å². The molecule has 0 saturated carbocycles. The van der Waals surface area contributed by atoms with Crippen molar-refractivity contribution in [1.29, 1.82) is 0 Å². The van der Waals surface area contributed by atoms with Gasteiger partial charge in [0.15, 0.2) is 5.69 Å². The molecule has 0 fully saturated rings. The number of carboxylic acids is 1. The largest absolute Gasteiger partial charge is 0.477 e. The number of benzene rings is 1. The van der Waals surface area contributed by atoms with E-state index in [4.69, 9.17) is 16.7 Å². The van der Waals surface area contributed by atoms with Crippen LogP contribution in [0.15, 0.2) is 30.3 Å². The molecule has 0 bridgehead atoms. The number of aryl methyl sites for hydroxylation is 1. The number of carboxylic acid groups (broad SMARTS) is 1. The summed E-state index contributed by atoms with van der Waals surface area (Å²) in [7, 11) is 0. The first-order valence-electron chi connectivity index (χ1n) is 5.37. The SMILES string of the molecule is Cc1cc(C(=O)O)nc(Cc2cccc(Cl)c2)n1. The molecule has 18 heavy (non-hydrogen) atoms. The number of aromatic carboxylic acids is 1. The third-order valence-electron chi connectivity index (χ3n) is 2.37. The maximum atomic E-state index is 10.9. The molecule has 5 heteroatoms. The second kappa shape index (κ2) is 5.14. The van der Waals surface area contributed by atoms with Crippen LogP contribution in [0.4, 0.5) is 0 Å². The van der Waals surface area contributed by atoms with Crippen molar-refractivity contribution >= 4 is 17.6 Å². The molecule has 0 spiro atoms. The summed E-state index contributed by atoms with van der Waals surface area (Å²) in [5, 5.41) is 9.57. The summed E-state index contributed by atoms with van der Waals surface area (Å²) in [5.74, 6) is -0.567. The predicted octanol–water partition coefficient (Wildman–Crippen LogP) is 2.73. The van der Waals surface area contributed by atoms with Crippen molar-refractivity contribution in [3.05, 3.63) is 58.1 Å². The van der Waals surface area contributed by atoms with Gasteiger partial charge in [-0.3, -0.25) is 0 Å². The molecule has 1 heterocycles. The van der Waals surface area contributed by atoms with Gasteiger partial charge in [-0.1, -0.05) is 23.7 Å². The third kappa shape index (κ3) is 3.05. The van der Waals surface area contributed by atoms with E-state index in [1.54, 1.807) is 13.0 Å². The maximum absolute atomic E-state index is 10.9. The van der Waals surface area contributed by atoms with E-state index in [-0.39, 0.29) is 5.69 Å². The first-order chi connectivity index (χ1) is 8.54. The Hall–Kier alpha value is -1.94. The van der Waals surface area contributed by atoms with Crippen molar-refractivity contribution in [2.45, 2.75) is 13.3 Å². The van der Waals surface area contributed by atoms with Gasteiger partial charge in [0.05, 0.1) is 0 Å². The van der Waals surface area contributed by atoms with Crippen LogP contribution in [0, 0.1) is 6.92 Å². The number of carbonyl (C=O) groups is 1. The van der Waals surface area contributed by atoms with E-state index in [0.29, 0.717) is 23.0 Å². The highest BCUT2D eigenvalue weighted by atomic mass is 35.5. The van der Waals surface area contributed by atoms with Crippen LogP contribution < -0.4 is 0 Å². The first-order valence-corrected chi connectivity index (χ1v) is 5.74. The lowest BCUT2D eigenvalue weighted by atomic mass is 10.1. The molecule has 4 nitrogen and oxygen atoms in total. The minimum Gasteiger partial charge on any atom is -0.477 e. The lowest BCUT2D eigenvalue weighted by Crippen LogP contribution is -2.07. The van der Waals surface area contributed by atoms with Crippen LogP contribution in [0.2, 0.25) is 5.02 Å². The number of rotatable bonds is 3. The zero-order chi connectivity index (χ0) is 13.1. The van der Waals surface area contributed by atoms with Crippen molar-refractivity contribution in [1.82, 2.24) is 9.97 Å². The number of halogens is 1. The maximum Gasteiger partial charge on any atom is 0.354 e. The molecule has 2 aromatic rings. The van der Waals surface area contributed by atoms with Gasteiger partial charge in [0.2, 0.25) is 0 Å². The highest BCUT2D eigenvalue weighted by Crippen LogP contribution is 2.13. The van der Waals surface area contributed by atoms with Gasteiger partial charge in [-0.15, -0.1) is 0 Å². The summed E-state index contributed by atoms with van der Waals surface area (Å²) in [4.78, 5) is 19.1. The van der Waals surface area contributed by atoms with Crippen molar-refractivity contribution in [2.24, 2.45) is 0 Å². The monoisotopic (exact) mass is 262 g/mol. The van der Waals surface area contributed by atoms with Crippen LogP contribution in [-0.4, -0.2) is 21.0 Å². The Morgan fingerprint density at radius 2 is 2.11 bits per heavy atom. The third-order valence-corrected chi connectivity index (χ3v) is 2.61. The standard InChI is InChI=1S/C13H11ClN2O2/c1-8-5-11(13(17)18)16-12(15-8)7-9-3-2-4-10(14)6-9/h2-6H,7H2,1H3,(H,17,18). The molecular weight excluding hydrogens is 252 g/mol. The minimum absolute atomic E-state index is 0.0135. The molecule has 1 aromatic carbocycles. The summed E-state index contributed by atoms with van der Waals surface area (Å²) in [6.07, 6.45) is 0.461. The van der Waals surface area contributed by atoms with E-state index in [0.717, 1.165) is 5.56 Å². The van der Waals surface area contributed by atoms with Gasteiger partial charge in [0.25, 0.3) is 0 Å². The average Bonchev–Trinajstić information content (AvgIpc) is 2.28. The molecule has 0 aliphatic heterocycles. The molecule has 0 atom stereocenters. The second-order valence-electron chi connectivity index (χ2n) is 3.92. The van der Waals surface area contributed by atoms with Gasteiger partial charge >= 0.3 is 5.97 Å². The minimum atomic E-state index is -1.05. The molecule has 92 valence electrons. The van der Waals surface area contributed by atoms with Crippen LogP contribution >= 0.6 is 11.6 Å². The highest BCUT2D eigenvalue weighted by molar-refractivity contribution is 6.30. The number of nitrogens with zero attached hydrogens (tertiary/aromatic N) is 2. The van der Waals surface area contributed by atoms with Crippen LogP contribution in [0.5, 0.6) is 0 Å². The van der Waals surface area contributed by atoms with Crippen LogP contribution in [-0.2, 0) is 6.42 Å². The summed E-state index contributed by atoms with van der Waals surface area (Å²) < 4.78 is 0. The molecule has 1 N–H and O–H groups in total. The van der Waals surface area contributed by atoms with Crippen molar-refractivity contribution in [3.8, 4) is 0 Å². The number of aromatic nitrogens is 2. The Bertz CT molecular complexity index is 599. The fourth-order valence-corrected chi connectivity index (χ4v) is 1.86. The Morgan fingerprint density at radius 3 is 2.78 bits per heavy atom. The Kier molecular flexibility index (Phi) is 3.58. The molecular formula is C13H11ClN2O2. The van der Waals surface area contributed by atoms with Crippen LogP contribution in [0.25, 0.3) is 0 Å². The molecule has 0 amide bonds. The van der Waals surface area contributed by atoms with E-state index in [9.17, 15) is 4.79 Å². The van der Waals surface area contributed by atoms with E-state index in [1.165, 1.54) is 6.07 Å². The molecule has 0 unspecified atom stereocenters. The van der Waals surface area contributed by atoms with Crippen molar-refractivity contribution in [2.75, 3.05) is 0 Å². The van der Waals surface area contributed by atoms with Gasteiger partial charge in [-0.2, -0.15) is 0 Å². The fourth-order valence-electron chi connectivity index (χ4n) is 1.65. The fraction of sp³-hybridized carbons (Fsp3) is 0.154. The second-order valence-corrected chi connectivity index (χ2v) is 4.36. The van der Waals surface area contributed by atoms with E-state index >= 15 is 0 Å². The Morgan fingerprint density at radius 1 is 1.33 bits per heavy atom. The van der Waals surface area contributed by atoms with Crippen LogP contribution in [0.3, 0.4) is 0 Å².